The fourth-order valence-corrected chi connectivity index (χ4v) is 1.71. The van der Waals surface area contributed by atoms with Gasteiger partial charge in [0.05, 0.1) is 30.3 Å². The molecule has 1 aromatic carbocycles. The second-order valence-corrected chi connectivity index (χ2v) is 3.94. The molecule has 1 heterocycles. The lowest BCUT2D eigenvalue weighted by atomic mass is 10.2. The van der Waals surface area contributed by atoms with E-state index in [1.54, 1.807) is 6.07 Å². The van der Waals surface area contributed by atoms with Crippen molar-refractivity contribution < 1.29 is 14.8 Å². The molecule has 0 fully saturated rings. The molecule has 8 heteroatoms. The minimum Gasteiger partial charge on any atom is -0.394 e. The fraction of sp³-hybridized carbons (Fsp3) is 0.333. The molecule has 0 aliphatic heterocycles. The molecule has 0 saturated carbocycles. The van der Waals surface area contributed by atoms with Gasteiger partial charge in [-0.15, -0.1) is 0 Å². The first-order chi connectivity index (χ1) is 9.72. The molecule has 0 unspecified atom stereocenters. The molecule has 0 radical (unpaired) electrons. The van der Waals surface area contributed by atoms with Crippen molar-refractivity contribution in [1.29, 1.82) is 0 Å². The van der Waals surface area contributed by atoms with Crippen LogP contribution >= 0.6 is 0 Å². The minimum absolute atomic E-state index is 0.00752. The van der Waals surface area contributed by atoms with E-state index in [4.69, 9.17) is 9.84 Å². The van der Waals surface area contributed by atoms with E-state index in [0.717, 1.165) is 0 Å². The van der Waals surface area contributed by atoms with Gasteiger partial charge in [0, 0.05) is 24.1 Å². The number of fused-ring (bicyclic) bond motifs is 1. The van der Waals surface area contributed by atoms with Crippen LogP contribution < -0.4 is 5.32 Å². The van der Waals surface area contributed by atoms with Crippen molar-refractivity contribution in [1.82, 2.24) is 9.97 Å². The van der Waals surface area contributed by atoms with Gasteiger partial charge in [-0.3, -0.25) is 10.1 Å². The summed E-state index contributed by atoms with van der Waals surface area (Å²) in [5.41, 5.74) is 0.622. The molecular weight excluding hydrogens is 264 g/mol. The molecule has 106 valence electrons. The average Bonchev–Trinajstić information content (AvgIpc) is 2.46. The molecular formula is C12H14N4O4. The molecule has 2 aromatic rings. The van der Waals surface area contributed by atoms with E-state index in [1.165, 1.54) is 18.5 Å². The molecule has 20 heavy (non-hydrogen) atoms. The highest BCUT2D eigenvalue weighted by Gasteiger charge is 2.10. The van der Waals surface area contributed by atoms with Crippen LogP contribution in [0.5, 0.6) is 0 Å². The first kappa shape index (κ1) is 14.1. The second-order valence-electron chi connectivity index (χ2n) is 3.94. The van der Waals surface area contributed by atoms with Crippen LogP contribution in [0.2, 0.25) is 0 Å². The lowest BCUT2D eigenvalue weighted by molar-refractivity contribution is -0.384. The van der Waals surface area contributed by atoms with E-state index < -0.39 is 4.92 Å². The third kappa shape index (κ3) is 3.37. The SMILES string of the molecule is O=[N+]([O-])c1ccc2ncnc(NCCOCCO)c2c1. The zero-order valence-electron chi connectivity index (χ0n) is 10.7. The Bertz CT molecular complexity index is 605. The van der Waals surface area contributed by atoms with Gasteiger partial charge < -0.3 is 15.2 Å². The molecule has 0 aliphatic carbocycles. The number of benzene rings is 1. The monoisotopic (exact) mass is 278 g/mol. The number of aromatic nitrogens is 2. The number of ether oxygens (including phenoxy) is 1. The number of hydrogen-bond donors (Lipinski definition) is 2. The molecule has 0 aliphatic rings. The van der Waals surface area contributed by atoms with Gasteiger partial charge >= 0.3 is 0 Å². The number of nitro groups is 1. The molecule has 2 rings (SSSR count). The van der Waals surface area contributed by atoms with Crippen LogP contribution in [-0.4, -0.2) is 46.4 Å². The van der Waals surface area contributed by atoms with Crippen molar-refractivity contribution in [3.63, 3.8) is 0 Å². The summed E-state index contributed by atoms with van der Waals surface area (Å²) in [5.74, 6) is 0.520. The Hall–Kier alpha value is -2.32. The van der Waals surface area contributed by atoms with Crippen LogP contribution in [0, 0.1) is 10.1 Å². The first-order valence-corrected chi connectivity index (χ1v) is 6.04. The predicted molar refractivity (Wildman–Crippen MR) is 72.6 cm³/mol. The standard InChI is InChI=1S/C12H14N4O4/c17-4-6-20-5-3-13-12-10-7-9(16(18)19)1-2-11(10)14-8-15-12/h1-2,7-8,17H,3-6H2,(H,13,14,15). The third-order valence-electron chi connectivity index (χ3n) is 2.60. The predicted octanol–water partition coefficient (Wildman–Crippen LogP) is 0.959. The maximum Gasteiger partial charge on any atom is 0.270 e. The number of rotatable bonds is 7. The highest BCUT2D eigenvalue weighted by molar-refractivity contribution is 5.90. The van der Waals surface area contributed by atoms with E-state index in [-0.39, 0.29) is 18.9 Å². The van der Waals surface area contributed by atoms with Crippen molar-refractivity contribution in [3.05, 3.63) is 34.6 Å². The third-order valence-corrected chi connectivity index (χ3v) is 2.60. The molecule has 0 amide bonds. The highest BCUT2D eigenvalue weighted by Crippen LogP contribution is 2.23. The summed E-state index contributed by atoms with van der Waals surface area (Å²) in [5, 5.41) is 23.0. The van der Waals surface area contributed by atoms with Gasteiger partial charge in [0.15, 0.2) is 0 Å². The van der Waals surface area contributed by atoms with Gasteiger partial charge in [-0.1, -0.05) is 0 Å². The Kier molecular flexibility index (Phi) is 4.75. The van der Waals surface area contributed by atoms with E-state index in [9.17, 15) is 10.1 Å². The van der Waals surface area contributed by atoms with Crippen molar-refractivity contribution in [2.45, 2.75) is 0 Å². The Balaban J connectivity index is 2.15. The number of hydrogen-bond acceptors (Lipinski definition) is 7. The normalized spacial score (nSPS) is 10.7. The summed E-state index contributed by atoms with van der Waals surface area (Å²) in [6, 6.07) is 4.43. The largest absolute Gasteiger partial charge is 0.394 e. The van der Waals surface area contributed by atoms with Gasteiger partial charge in [0.1, 0.15) is 12.1 Å². The number of anilines is 1. The van der Waals surface area contributed by atoms with Crippen molar-refractivity contribution >= 4 is 22.4 Å². The molecule has 0 atom stereocenters. The summed E-state index contributed by atoms with van der Waals surface area (Å²) in [4.78, 5) is 18.5. The van der Waals surface area contributed by atoms with Gasteiger partial charge in [0.25, 0.3) is 5.69 Å². The molecule has 1 aromatic heterocycles. The Morgan fingerprint density at radius 2 is 2.20 bits per heavy atom. The number of non-ortho nitro benzene ring substituents is 1. The lowest BCUT2D eigenvalue weighted by Crippen LogP contribution is -2.12. The van der Waals surface area contributed by atoms with Gasteiger partial charge in [-0.25, -0.2) is 9.97 Å². The highest BCUT2D eigenvalue weighted by atomic mass is 16.6. The Morgan fingerprint density at radius 1 is 1.35 bits per heavy atom. The number of nitrogens with one attached hydrogen (secondary N) is 1. The first-order valence-electron chi connectivity index (χ1n) is 6.04. The summed E-state index contributed by atoms with van der Waals surface area (Å²) in [7, 11) is 0. The number of nitro benzene ring substituents is 1. The maximum absolute atomic E-state index is 10.8. The zero-order valence-corrected chi connectivity index (χ0v) is 10.7. The van der Waals surface area contributed by atoms with Crippen LogP contribution in [-0.2, 0) is 4.74 Å². The van der Waals surface area contributed by atoms with Crippen LogP contribution in [0.3, 0.4) is 0 Å². The summed E-state index contributed by atoms with van der Waals surface area (Å²) in [6.45, 7) is 1.14. The topological polar surface area (TPSA) is 110 Å². The van der Waals surface area contributed by atoms with Gasteiger partial charge in [-0.05, 0) is 6.07 Å². The number of nitrogens with zero attached hydrogens (tertiary/aromatic N) is 3. The zero-order chi connectivity index (χ0) is 14.4. The molecule has 0 spiro atoms. The smallest absolute Gasteiger partial charge is 0.270 e. The lowest BCUT2D eigenvalue weighted by Gasteiger charge is -2.08. The number of aliphatic hydroxyl groups excluding tert-OH is 1. The van der Waals surface area contributed by atoms with Gasteiger partial charge in [0.2, 0.25) is 0 Å². The van der Waals surface area contributed by atoms with E-state index in [1.807, 2.05) is 0 Å². The second kappa shape index (κ2) is 6.73. The van der Waals surface area contributed by atoms with Crippen LogP contribution in [0.15, 0.2) is 24.5 Å². The van der Waals surface area contributed by atoms with Crippen molar-refractivity contribution in [2.24, 2.45) is 0 Å². The average molecular weight is 278 g/mol. The van der Waals surface area contributed by atoms with Crippen molar-refractivity contribution in [3.8, 4) is 0 Å². The Morgan fingerprint density at radius 3 is 2.95 bits per heavy atom. The summed E-state index contributed by atoms with van der Waals surface area (Å²) >= 11 is 0. The van der Waals surface area contributed by atoms with E-state index in [2.05, 4.69) is 15.3 Å². The summed E-state index contributed by atoms with van der Waals surface area (Å²) < 4.78 is 5.11. The maximum atomic E-state index is 10.8. The van der Waals surface area contributed by atoms with E-state index in [0.29, 0.717) is 29.9 Å². The van der Waals surface area contributed by atoms with Crippen molar-refractivity contribution in [2.75, 3.05) is 31.7 Å². The fourth-order valence-electron chi connectivity index (χ4n) is 1.71. The number of aliphatic hydroxyl groups is 1. The summed E-state index contributed by atoms with van der Waals surface area (Å²) in [6.07, 6.45) is 1.39. The van der Waals surface area contributed by atoms with E-state index >= 15 is 0 Å². The van der Waals surface area contributed by atoms with Crippen LogP contribution in [0.1, 0.15) is 0 Å². The molecule has 8 nitrogen and oxygen atoms in total. The van der Waals surface area contributed by atoms with Gasteiger partial charge in [-0.2, -0.15) is 0 Å². The molecule has 0 saturated heterocycles. The van der Waals surface area contributed by atoms with Crippen LogP contribution in [0.4, 0.5) is 11.5 Å². The van der Waals surface area contributed by atoms with Crippen LogP contribution in [0.25, 0.3) is 10.9 Å². The minimum atomic E-state index is -0.458. The molecule has 2 N–H and O–H groups in total. The Labute approximate surface area is 114 Å². The molecule has 0 bridgehead atoms. The quantitative estimate of drug-likeness (QED) is 0.441.